The number of nitrogens with one attached hydrogen (secondary N) is 1. The third-order valence-electron chi connectivity index (χ3n) is 4.93. The zero-order chi connectivity index (χ0) is 18.9. The van der Waals surface area contributed by atoms with Gasteiger partial charge in [-0.3, -0.25) is 9.59 Å². The fourth-order valence-corrected chi connectivity index (χ4v) is 3.75. The van der Waals surface area contributed by atoms with Crippen LogP contribution in [0.15, 0.2) is 24.3 Å². The maximum atomic E-state index is 12.6. The minimum atomic E-state index is -0.380. The average Bonchev–Trinajstić information content (AvgIpc) is 3.22. The first-order chi connectivity index (χ1) is 12.3. The molecule has 1 aromatic heterocycles. The predicted octanol–water partition coefficient (Wildman–Crippen LogP) is 3.53. The molecule has 26 heavy (non-hydrogen) atoms. The van der Waals surface area contributed by atoms with Gasteiger partial charge < -0.3 is 10.2 Å². The molecule has 1 aromatic carbocycles. The molecule has 1 atom stereocenters. The molecule has 1 N–H and O–H groups in total. The van der Waals surface area contributed by atoms with E-state index in [-0.39, 0.29) is 29.6 Å². The van der Waals surface area contributed by atoms with Crippen molar-refractivity contribution in [1.29, 1.82) is 0 Å². The smallest absolute Gasteiger partial charge is 0.231 e. The summed E-state index contributed by atoms with van der Waals surface area (Å²) in [7, 11) is 0. The van der Waals surface area contributed by atoms with Crippen molar-refractivity contribution in [3.05, 3.63) is 34.8 Å². The van der Waals surface area contributed by atoms with E-state index in [9.17, 15) is 9.59 Å². The Bertz CT molecular complexity index is 830. The molecule has 3 rings (SSSR count). The fourth-order valence-electron chi connectivity index (χ4n) is 2.83. The van der Waals surface area contributed by atoms with E-state index in [1.807, 2.05) is 31.2 Å². The monoisotopic (exact) mass is 372 g/mol. The molecule has 2 aromatic rings. The van der Waals surface area contributed by atoms with Gasteiger partial charge in [0.1, 0.15) is 5.01 Å². The Labute approximate surface area is 157 Å². The van der Waals surface area contributed by atoms with Crippen molar-refractivity contribution in [2.24, 2.45) is 5.92 Å². The van der Waals surface area contributed by atoms with Crippen molar-refractivity contribution in [3.8, 4) is 0 Å². The molecule has 0 spiro atoms. The van der Waals surface area contributed by atoms with Crippen LogP contribution in [0, 0.1) is 12.8 Å². The van der Waals surface area contributed by atoms with Gasteiger partial charge in [-0.05, 0) is 31.0 Å². The Morgan fingerprint density at radius 1 is 1.38 bits per heavy atom. The Morgan fingerprint density at radius 2 is 2.15 bits per heavy atom. The highest BCUT2D eigenvalue weighted by molar-refractivity contribution is 7.15. The number of amides is 2. The molecule has 2 amide bonds. The first-order valence-electron chi connectivity index (χ1n) is 8.82. The van der Waals surface area contributed by atoms with E-state index in [1.165, 1.54) is 11.3 Å². The second-order valence-electron chi connectivity index (χ2n) is 7.38. The SMILES string of the molecule is CCC(C)(C)c1nnc(NC(=O)C2CC(=O)N(c3cccc(C)c3)C2)s1. The van der Waals surface area contributed by atoms with Gasteiger partial charge in [-0.15, -0.1) is 10.2 Å². The lowest BCUT2D eigenvalue weighted by atomic mass is 9.91. The van der Waals surface area contributed by atoms with Crippen molar-refractivity contribution in [1.82, 2.24) is 10.2 Å². The highest BCUT2D eigenvalue weighted by atomic mass is 32.1. The van der Waals surface area contributed by atoms with Crippen LogP contribution in [0.25, 0.3) is 0 Å². The number of anilines is 2. The molecule has 1 aliphatic heterocycles. The average molecular weight is 372 g/mol. The highest BCUT2D eigenvalue weighted by Gasteiger charge is 2.35. The first kappa shape index (κ1) is 18.5. The van der Waals surface area contributed by atoms with Crippen LogP contribution in [0.2, 0.25) is 0 Å². The minimum absolute atomic E-state index is 0.0270. The second kappa shape index (κ2) is 7.15. The summed E-state index contributed by atoms with van der Waals surface area (Å²) in [5.74, 6) is -0.583. The van der Waals surface area contributed by atoms with E-state index >= 15 is 0 Å². The Kier molecular flexibility index (Phi) is 5.09. The predicted molar refractivity (Wildman–Crippen MR) is 103 cm³/mol. The van der Waals surface area contributed by atoms with E-state index in [0.29, 0.717) is 11.7 Å². The number of nitrogens with zero attached hydrogens (tertiary/aromatic N) is 3. The van der Waals surface area contributed by atoms with Crippen molar-refractivity contribution in [2.75, 3.05) is 16.8 Å². The van der Waals surface area contributed by atoms with Gasteiger partial charge in [0, 0.05) is 24.1 Å². The van der Waals surface area contributed by atoms with Crippen molar-refractivity contribution in [2.45, 2.75) is 46.0 Å². The Morgan fingerprint density at radius 3 is 2.85 bits per heavy atom. The molecular formula is C19H24N4O2S. The molecule has 0 aliphatic carbocycles. The van der Waals surface area contributed by atoms with Crippen LogP contribution in [0.1, 0.15) is 44.2 Å². The van der Waals surface area contributed by atoms with E-state index in [2.05, 4.69) is 36.3 Å². The molecule has 138 valence electrons. The van der Waals surface area contributed by atoms with Crippen LogP contribution < -0.4 is 10.2 Å². The van der Waals surface area contributed by atoms with Gasteiger partial charge in [0.2, 0.25) is 16.9 Å². The van der Waals surface area contributed by atoms with Crippen LogP contribution in [0.3, 0.4) is 0 Å². The lowest BCUT2D eigenvalue weighted by Gasteiger charge is -2.17. The lowest BCUT2D eigenvalue weighted by molar-refractivity contribution is -0.122. The quantitative estimate of drug-likeness (QED) is 0.871. The third kappa shape index (κ3) is 3.77. The molecule has 1 aliphatic rings. The molecule has 0 saturated carbocycles. The zero-order valence-corrected chi connectivity index (χ0v) is 16.4. The van der Waals surface area contributed by atoms with Gasteiger partial charge in [0.25, 0.3) is 0 Å². The molecule has 6 nitrogen and oxygen atoms in total. The molecule has 1 unspecified atom stereocenters. The standard InChI is InChI=1S/C19H24N4O2S/c1-5-19(3,4)17-21-22-18(26-17)20-16(25)13-10-15(24)23(11-13)14-8-6-7-12(2)9-14/h6-9,13H,5,10-11H2,1-4H3,(H,20,22,25). The number of aryl methyl sites for hydroxylation is 1. The molecule has 0 radical (unpaired) electrons. The van der Waals surface area contributed by atoms with Crippen LogP contribution >= 0.6 is 11.3 Å². The van der Waals surface area contributed by atoms with E-state index in [4.69, 9.17) is 0 Å². The first-order valence-corrected chi connectivity index (χ1v) is 9.63. The van der Waals surface area contributed by atoms with Crippen LogP contribution in [-0.2, 0) is 15.0 Å². The molecule has 0 bridgehead atoms. The van der Waals surface area contributed by atoms with E-state index in [1.54, 1.807) is 4.90 Å². The van der Waals surface area contributed by atoms with E-state index < -0.39 is 0 Å². The van der Waals surface area contributed by atoms with E-state index in [0.717, 1.165) is 22.7 Å². The Hall–Kier alpha value is -2.28. The molecule has 2 heterocycles. The fraction of sp³-hybridized carbons (Fsp3) is 0.474. The van der Waals surface area contributed by atoms with Gasteiger partial charge in [0.15, 0.2) is 0 Å². The van der Waals surface area contributed by atoms with Crippen LogP contribution in [-0.4, -0.2) is 28.6 Å². The highest BCUT2D eigenvalue weighted by Crippen LogP contribution is 2.32. The zero-order valence-electron chi connectivity index (χ0n) is 15.6. The third-order valence-corrected chi connectivity index (χ3v) is 6.13. The second-order valence-corrected chi connectivity index (χ2v) is 8.36. The summed E-state index contributed by atoms with van der Waals surface area (Å²) in [5.41, 5.74) is 1.86. The molecule has 1 saturated heterocycles. The van der Waals surface area contributed by atoms with Gasteiger partial charge in [-0.25, -0.2) is 0 Å². The van der Waals surface area contributed by atoms with Gasteiger partial charge in [-0.1, -0.05) is 44.2 Å². The molecule has 7 heteroatoms. The number of hydrogen-bond donors (Lipinski definition) is 1. The van der Waals surface area contributed by atoms with Crippen molar-refractivity contribution < 1.29 is 9.59 Å². The molecule has 1 fully saturated rings. The van der Waals surface area contributed by atoms with Gasteiger partial charge in [0.05, 0.1) is 5.92 Å². The largest absolute Gasteiger partial charge is 0.312 e. The summed E-state index contributed by atoms with van der Waals surface area (Å²) >= 11 is 1.40. The van der Waals surface area contributed by atoms with Crippen LogP contribution in [0.4, 0.5) is 10.8 Å². The topological polar surface area (TPSA) is 75.2 Å². The summed E-state index contributed by atoms with van der Waals surface area (Å²) in [4.78, 5) is 26.6. The maximum absolute atomic E-state index is 12.6. The summed E-state index contributed by atoms with van der Waals surface area (Å²) in [6.07, 6.45) is 1.16. The number of hydrogen-bond acceptors (Lipinski definition) is 5. The number of carbonyl (C=O) groups excluding carboxylic acids is 2. The number of aromatic nitrogens is 2. The summed E-state index contributed by atoms with van der Waals surface area (Å²) in [5, 5.41) is 12.5. The number of carbonyl (C=O) groups is 2. The van der Waals surface area contributed by atoms with Crippen molar-refractivity contribution >= 4 is 34.0 Å². The summed E-state index contributed by atoms with van der Waals surface area (Å²) in [6.45, 7) is 8.69. The minimum Gasteiger partial charge on any atom is -0.312 e. The van der Waals surface area contributed by atoms with Gasteiger partial charge >= 0.3 is 0 Å². The molecular weight excluding hydrogens is 348 g/mol. The van der Waals surface area contributed by atoms with Crippen LogP contribution in [0.5, 0.6) is 0 Å². The van der Waals surface area contributed by atoms with Gasteiger partial charge in [-0.2, -0.15) is 0 Å². The number of rotatable bonds is 5. The van der Waals surface area contributed by atoms with Crippen molar-refractivity contribution in [3.63, 3.8) is 0 Å². The Balaban J connectivity index is 1.67. The number of benzene rings is 1. The normalized spacial score (nSPS) is 17.6. The lowest BCUT2D eigenvalue weighted by Crippen LogP contribution is -2.28. The summed E-state index contributed by atoms with van der Waals surface area (Å²) < 4.78 is 0. The summed E-state index contributed by atoms with van der Waals surface area (Å²) in [6, 6.07) is 7.76. The maximum Gasteiger partial charge on any atom is 0.231 e.